The van der Waals surface area contributed by atoms with E-state index in [-0.39, 0.29) is 0 Å². The summed E-state index contributed by atoms with van der Waals surface area (Å²) >= 11 is 0. The topological polar surface area (TPSA) is 77.8 Å². The molecule has 5 heteroatoms. The molecule has 82 valence electrons. The molecule has 5 nitrogen and oxygen atoms in total. The molecular weight excluding hydrogens is 186 g/mol. The SMILES string of the molecule is CCN1CCCCC1.O=C(O)C(=O)O. The molecule has 0 aromatic heterocycles. The van der Waals surface area contributed by atoms with E-state index in [9.17, 15) is 0 Å². The Morgan fingerprint density at radius 1 is 1.07 bits per heavy atom. The Morgan fingerprint density at radius 2 is 1.50 bits per heavy atom. The smallest absolute Gasteiger partial charge is 0.414 e. The molecule has 0 amide bonds. The number of carboxylic acids is 2. The van der Waals surface area contributed by atoms with Gasteiger partial charge >= 0.3 is 11.9 Å². The fourth-order valence-corrected chi connectivity index (χ4v) is 1.28. The predicted molar refractivity (Wildman–Crippen MR) is 51.2 cm³/mol. The maximum absolute atomic E-state index is 9.10. The maximum atomic E-state index is 9.10. The van der Waals surface area contributed by atoms with Crippen LogP contribution in [-0.2, 0) is 9.59 Å². The number of aliphatic carboxylic acids is 2. The zero-order valence-corrected chi connectivity index (χ0v) is 8.40. The van der Waals surface area contributed by atoms with Crippen molar-refractivity contribution in [1.29, 1.82) is 0 Å². The standard InChI is InChI=1S/C7H15N.C2H2O4/c1-2-8-6-4-3-5-7-8;3-1(4)2(5)6/h2-7H2,1H3;(H,3,4)(H,5,6). The molecule has 0 radical (unpaired) electrons. The van der Waals surface area contributed by atoms with Gasteiger partial charge in [0, 0.05) is 0 Å². The molecule has 0 aliphatic carbocycles. The van der Waals surface area contributed by atoms with E-state index in [1.165, 1.54) is 38.9 Å². The third-order valence-electron chi connectivity index (χ3n) is 2.08. The minimum atomic E-state index is -1.82. The van der Waals surface area contributed by atoms with E-state index in [0.29, 0.717) is 0 Å². The Hall–Kier alpha value is -1.10. The molecule has 1 aliphatic rings. The van der Waals surface area contributed by atoms with E-state index in [1.807, 2.05) is 0 Å². The van der Waals surface area contributed by atoms with Gasteiger partial charge in [-0.25, -0.2) is 9.59 Å². The van der Waals surface area contributed by atoms with Gasteiger partial charge < -0.3 is 15.1 Å². The first-order valence-electron chi connectivity index (χ1n) is 4.76. The molecule has 1 aliphatic heterocycles. The van der Waals surface area contributed by atoms with Crippen LogP contribution in [0, 0.1) is 0 Å². The number of hydrogen-bond donors (Lipinski definition) is 2. The molecule has 0 atom stereocenters. The van der Waals surface area contributed by atoms with Crippen LogP contribution in [0.15, 0.2) is 0 Å². The van der Waals surface area contributed by atoms with Crippen LogP contribution in [0.3, 0.4) is 0 Å². The predicted octanol–water partition coefficient (Wildman–Crippen LogP) is 0.648. The summed E-state index contributed by atoms with van der Waals surface area (Å²) in [7, 11) is 0. The molecule has 2 N–H and O–H groups in total. The summed E-state index contributed by atoms with van der Waals surface area (Å²) in [5.74, 6) is -3.65. The van der Waals surface area contributed by atoms with Crippen molar-refractivity contribution in [2.75, 3.05) is 19.6 Å². The summed E-state index contributed by atoms with van der Waals surface area (Å²) in [6, 6.07) is 0. The third kappa shape index (κ3) is 6.42. The Bertz CT molecular complexity index is 175. The molecule has 0 saturated carbocycles. The van der Waals surface area contributed by atoms with Crippen LogP contribution < -0.4 is 0 Å². The summed E-state index contributed by atoms with van der Waals surface area (Å²) in [5, 5.41) is 14.8. The lowest BCUT2D eigenvalue weighted by molar-refractivity contribution is -0.159. The number of likely N-dealkylation sites (tertiary alicyclic amines) is 1. The van der Waals surface area contributed by atoms with Crippen LogP contribution in [0.5, 0.6) is 0 Å². The van der Waals surface area contributed by atoms with Gasteiger partial charge in [0.1, 0.15) is 0 Å². The highest BCUT2D eigenvalue weighted by Crippen LogP contribution is 2.06. The summed E-state index contributed by atoms with van der Waals surface area (Å²) in [4.78, 5) is 20.7. The molecule has 1 heterocycles. The van der Waals surface area contributed by atoms with Gasteiger partial charge in [0.25, 0.3) is 0 Å². The Labute approximate surface area is 83.3 Å². The van der Waals surface area contributed by atoms with Crippen LogP contribution in [0.4, 0.5) is 0 Å². The van der Waals surface area contributed by atoms with Crippen LogP contribution in [0.25, 0.3) is 0 Å². The molecule has 0 unspecified atom stereocenters. The second-order valence-electron chi connectivity index (χ2n) is 3.11. The number of piperidine rings is 1. The van der Waals surface area contributed by atoms with Crippen molar-refractivity contribution in [2.45, 2.75) is 26.2 Å². The zero-order chi connectivity index (χ0) is 11.0. The second kappa shape index (κ2) is 7.32. The first-order chi connectivity index (χ1) is 6.57. The summed E-state index contributed by atoms with van der Waals surface area (Å²) in [6.45, 7) is 6.18. The molecule has 14 heavy (non-hydrogen) atoms. The molecule has 0 aromatic rings. The second-order valence-corrected chi connectivity index (χ2v) is 3.11. The van der Waals surface area contributed by atoms with Gasteiger partial charge in [-0.05, 0) is 32.5 Å². The highest BCUT2D eigenvalue weighted by molar-refractivity contribution is 6.27. The number of nitrogens with zero attached hydrogens (tertiary/aromatic N) is 1. The van der Waals surface area contributed by atoms with E-state index in [1.54, 1.807) is 0 Å². The normalized spacial score (nSPS) is 16.6. The van der Waals surface area contributed by atoms with Gasteiger partial charge in [-0.3, -0.25) is 0 Å². The monoisotopic (exact) mass is 203 g/mol. The van der Waals surface area contributed by atoms with E-state index >= 15 is 0 Å². The van der Waals surface area contributed by atoms with E-state index in [4.69, 9.17) is 19.8 Å². The van der Waals surface area contributed by atoms with Crippen molar-refractivity contribution in [3.8, 4) is 0 Å². The van der Waals surface area contributed by atoms with Gasteiger partial charge in [-0.2, -0.15) is 0 Å². The first-order valence-corrected chi connectivity index (χ1v) is 4.76. The molecule has 0 spiro atoms. The number of carbonyl (C=O) groups is 2. The molecule has 1 fully saturated rings. The van der Waals surface area contributed by atoms with Crippen LogP contribution in [0.2, 0.25) is 0 Å². The van der Waals surface area contributed by atoms with Gasteiger partial charge in [0.15, 0.2) is 0 Å². The van der Waals surface area contributed by atoms with Gasteiger partial charge in [-0.15, -0.1) is 0 Å². The van der Waals surface area contributed by atoms with Crippen molar-refractivity contribution in [2.24, 2.45) is 0 Å². The summed E-state index contributed by atoms with van der Waals surface area (Å²) < 4.78 is 0. The molecule has 1 saturated heterocycles. The summed E-state index contributed by atoms with van der Waals surface area (Å²) in [5.41, 5.74) is 0. The fraction of sp³-hybridized carbons (Fsp3) is 0.778. The molecular formula is C9H17NO4. The minimum Gasteiger partial charge on any atom is -0.473 e. The maximum Gasteiger partial charge on any atom is 0.414 e. The molecule has 0 bridgehead atoms. The largest absolute Gasteiger partial charge is 0.473 e. The molecule has 1 rings (SSSR count). The molecule has 0 aromatic carbocycles. The van der Waals surface area contributed by atoms with Crippen molar-refractivity contribution < 1.29 is 19.8 Å². The lowest BCUT2D eigenvalue weighted by atomic mass is 10.1. The van der Waals surface area contributed by atoms with Crippen molar-refractivity contribution in [1.82, 2.24) is 4.90 Å². The van der Waals surface area contributed by atoms with Gasteiger partial charge in [0.05, 0.1) is 0 Å². The van der Waals surface area contributed by atoms with Crippen LogP contribution in [-0.4, -0.2) is 46.7 Å². The Kier molecular flexibility index (Phi) is 6.74. The van der Waals surface area contributed by atoms with E-state index < -0.39 is 11.9 Å². The van der Waals surface area contributed by atoms with Crippen LogP contribution in [0.1, 0.15) is 26.2 Å². The average molecular weight is 203 g/mol. The number of carboxylic acid groups (broad SMARTS) is 2. The number of rotatable bonds is 1. The fourth-order valence-electron chi connectivity index (χ4n) is 1.28. The van der Waals surface area contributed by atoms with Crippen molar-refractivity contribution in [3.05, 3.63) is 0 Å². The van der Waals surface area contributed by atoms with Crippen molar-refractivity contribution in [3.63, 3.8) is 0 Å². The quantitative estimate of drug-likeness (QED) is 0.612. The zero-order valence-electron chi connectivity index (χ0n) is 8.40. The Morgan fingerprint density at radius 3 is 1.71 bits per heavy atom. The van der Waals surface area contributed by atoms with Crippen LogP contribution >= 0.6 is 0 Å². The lowest BCUT2D eigenvalue weighted by Gasteiger charge is -2.24. The van der Waals surface area contributed by atoms with E-state index in [0.717, 1.165) is 0 Å². The van der Waals surface area contributed by atoms with Gasteiger partial charge in [0.2, 0.25) is 0 Å². The van der Waals surface area contributed by atoms with Crippen molar-refractivity contribution >= 4 is 11.9 Å². The summed E-state index contributed by atoms with van der Waals surface area (Å²) in [6.07, 6.45) is 4.30. The highest BCUT2D eigenvalue weighted by Gasteiger charge is 2.05. The van der Waals surface area contributed by atoms with Gasteiger partial charge in [-0.1, -0.05) is 13.3 Å². The van der Waals surface area contributed by atoms with E-state index in [2.05, 4.69) is 11.8 Å². The Balaban J connectivity index is 0.000000255. The first kappa shape index (κ1) is 12.9. The minimum absolute atomic E-state index is 1.25. The average Bonchev–Trinajstić information content (AvgIpc) is 2.20. The highest BCUT2D eigenvalue weighted by atomic mass is 16.4. The third-order valence-corrected chi connectivity index (χ3v) is 2.08. The lowest BCUT2D eigenvalue weighted by Crippen LogP contribution is -2.29. The number of hydrogen-bond acceptors (Lipinski definition) is 3.